The number of rotatable bonds is 7. The molecule has 9 heteroatoms. The predicted octanol–water partition coefficient (Wildman–Crippen LogP) is 2.37. The second-order valence-electron chi connectivity index (χ2n) is 5.92. The summed E-state index contributed by atoms with van der Waals surface area (Å²) < 4.78 is 26.2. The summed E-state index contributed by atoms with van der Waals surface area (Å²) in [7, 11) is -3.58. The second kappa shape index (κ2) is 9.68. The summed E-state index contributed by atoms with van der Waals surface area (Å²) in [6.45, 7) is 4.24. The molecular formula is C19H22ClN3O4S. The van der Waals surface area contributed by atoms with Crippen LogP contribution >= 0.6 is 11.6 Å². The molecule has 2 rings (SSSR count). The van der Waals surface area contributed by atoms with E-state index in [1.807, 2.05) is 0 Å². The average molecular weight is 424 g/mol. The number of sulfonamides is 1. The first-order chi connectivity index (χ1) is 13.3. The van der Waals surface area contributed by atoms with Crippen LogP contribution in [-0.4, -0.2) is 37.6 Å². The number of carbonyl (C=O) groups is 2. The van der Waals surface area contributed by atoms with E-state index < -0.39 is 21.8 Å². The zero-order chi connectivity index (χ0) is 20.7. The van der Waals surface area contributed by atoms with E-state index in [2.05, 4.69) is 10.9 Å². The molecule has 2 aromatic carbocycles. The van der Waals surface area contributed by atoms with E-state index in [4.69, 9.17) is 11.6 Å². The summed E-state index contributed by atoms with van der Waals surface area (Å²) >= 11 is 5.79. The maximum atomic E-state index is 12.4. The Balaban J connectivity index is 1.95. The SMILES string of the molecule is CCN(CC)S(=O)(=O)c1ccc(C(=O)NNC(=O)Cc2ccc(Cl)cc2)cc1. The molecule has 0 heterocycles. The van der Waals surface area contributed by atoms with Gasteiger partial charge in [-0.1, -0.05) is 37.6 Å². The predicted molar refractivity (Wildman–Crippen MR) is 107 cm³/mol. The Labute approximate surface area is 169 Å². The maximum absolute atomic E-state index is 12.4. The van der Waals surface area contributed by atoms with Crippen LogP contribution < -0.4 is 10.9 Å². The lowest BCUT2D eigenvalue weighted by Gasteiger charge is -2.18. The van der Waals surface area contributed by atoms with Crippen LogP contribution in [0.3, 0.4) is 0 Å². The summed E-state index contributed by atoms with van der Waals surface area (Å²) in [5.74, 6) is -0.937. The van der Waals surface area contributed by atoms with Gasteiger partial charge in [0.15, 0.2) is 0 Å². The van der Waals surface area contributed by atoms with Gasteiger partial charge < -0.3 is 0 Å². The van der Waals surface area contributed by atoms with Crippen LogP contribution in [0.25, 0.3) is 0 Å². The highest BCUT2D eigenvalue weighted by Crippen LogP contribution is 2.16. The van der Waals surface area contributed by atoms with Gasteiger partial charge in [0.05, 0.1) is 11.3 Å². The number of benzene rings is 2. The number of hydrazine groups is 1. The Morgan fingerprint density at radius 2 is 1.50 bits per heavy atom. The highest BCUT2D eigenvalue weighted by Gasteiger charge is 2.21. The van der Waals surface area contributed by atoms with Crippen molar-refractivity contribution in [2.45, 2.75) is 25.2 Å². The molecule has 0 bridgehead atoms. The van der Waals surface area contributed by atoms with Gasteiger partial charge in [0, 0.05) is 23.7 Å². The lowest BCUT2D eigenvalue weighted by Crippen LogP contribution is -2.42. The highest BCUT2D eigenvalue weighted by molar-refractivity contribution is 7.89. The van der Waals surface area contributed by atoms with Gasteiger partial charge >= 0.3 is 0 Å². The first-order valence-corrected chi connectivity index (χ1v) is 10.5. The van der Waals surface area contributed by atoms with Crippen LogP contribution in [0.4, 0.5) is 0 Å². The number of halogens is 1. The Morgan fingerprint density at radius 3 is 2.04 bits per heavy atom. The van der Waals surface area contributed by atoms with Crippen molar-refractivity contribution in [1.29, 1.82) is 0 Å². The Morgan fingerprint density at radius 1 is 0.929 bits per heavy atom. The molecule has 0 unspecified atom stereocenters. The van der Waals surface area contributed by atoms with Gasteiger partial charge in [-0.05, 0) is 42.0 Å². The van der Waals surface area contributed by atoms with Crippen LogP contribution in [0.5, 0.6) is 0 Å². The van der Waals surface area contributed by atoms with Crippen LogP contribution in [0.2, 0.25) is 5.02 Å². The molecule has 2 amide bonds. The Kier molecular flexibility index (Phi) is 7.56. The smallest absolute Gasteiger partial charge is 0.269 e. The third-order valence-corrected chi connectivity index (χ3v) is 6.37. The lowest BCUT2D eigenvalue weighted by molar-refractivity contribution is -0.121. The zero-order valence-corrected chi connectivity index (χ0v) is 17.2. The number of nitrogens with one attached hydrogen (secondary N) is 2. The molecule has 0 atom stereocenters. The summed E-state index contributed by atoms with van der Waals surface area (Å²) in [5.41, 5.74) is 5.62. The number of hydrogen-bond donors (Lipinski definition) is 2. The summed E-state index contributed by atoms with van der Waals surface area (Å²) in [6.07, 6.45) is 0.0818. The molecule has 150 valence electrons. The fraction of sp³-hybridized carbons (Fsp3) is 0.263. The largest absolute Gasteiger partial charge is 0.273 e. The average Bonchev–Trinajstić information content (AvgIpc) is 2.68. The summed E-state index contributed by atoms with van der Waals surface area (Å²) in [5, 5.41) is 0.573. The van der Waals surface area contributed by atoms with Crippen LogP contribution in [0, 0.1) is 0 Å². The van der Waals surface area contributed by atoms with Gasteiger partial charge in [-0.15, -0.1) is 0 Å². The minimum Gasteiger partial charge on any atom is -0.273 e. The highest BCUT2D eigenvalue weighted by atomic mass is 35.5. The third kappa shape index (κ3) is 5.54. The molecule has 0 aliphatic carbocycles. The van der Waals surface area contributed by atoms with Gasteiger partial charge in [0.2, 0.25) is 15.9 Å². The number of nitrogens with zero attached hydrogens (tertiary/aromatic N) is 1. The normalized spacial score (nSPS) is 11.3. The molecule has 7 nitrogen and oxygen atoms in total. The first kappa shape index (κ1) is 21.9. The van der Waals surface area contributed by atoms with E-state index in [1.165, 1.54) is 28.6 Å². The molecule has 2 aromatic rings. The van der Waals surface area contributed by atoms with Crippen molar-refractivity contribution in [3.63, 3.8) is 0 Å². The standard InChI is InChI=1S/C19H22ClN3O4S/c1-3-23(4-2)28(26,27)17-11-7-15(8-12-17)19(25)22-21-18(24)13-14-5-9-16(20)10-6-14/h5-12H,3-4,13H2,1-2H3,(H,21,24)(H,22,25). The molecule has 0 aromatic heterocycles. The minimum absolute atomic E-state index is 0.0818. The first-order valence-electron chi connectivity index (χ1n) is 8.71. The third-order valence-electron chi connectivity index (χ3n) is 4.05. The van der Waals surface area contributed by atoms with E-state index >= 15 is 0 Å². The quantitative estimate of drug-likeness (QED) is 0.668. The summed E-state index contributed by atoms with van der Waals surface area (Å²) in [6, 6.07) is 12.3. The fourth-order valence-electron chi connectivity index (χ4n) is 2.52. The second-order valence-corrected chi connectivity index (χ2v) is 8.29. The molecule has 2 N–H and O–H groups in total. The topological polar surface area (TPSA) is 95.6 Å². The maximum Gasteiger partial charge on any atom is 0.269 e. The van der Waals surface area contributed by atoms with Gasteiger partial charge in [-0.25, -0.2) is 8.42 Å². The summed E-state index contributed by atoms with van der Waals surface area (Å²) in [4.78, 5) is 24.2. The number of amides is 2. The fourth-order valence-corrected chi connectivity index (χ4v) is 4.11. The van der Waals surface area contributed by atoms with Crippen LogP contribution in [-0.2, 0) is 21.2 Å². The molecule has 0 spiro atoms. The molecule has 0 radical (unpaired) electrons. The van der Waals surface area contributed by atoms with E-state index in [0.29, 0.717) is 18.1 Å². The van der Waals surface area contributed by atoms with E-state index in [1.54, 1.807) is 38.1 Å². The van der Waals surface area contributed by atoms with E-state index in [-0.39, 0.29) is 16.9 Å². The van der Waals surface area contributed by atoms with Crippen LogP contribution in [0.15, 0.2) is 53.4 Å². The molecule has 0 aliphatic rings. The van der Waals surface area contributed by atoms with Crippen molar-refractivity contribution in [3.8, 4) is 0 Å². The molecule has 0 saturated carbocycles. The van der Waals surface area contributed by atoms with Gasteiger partial charge in [0.25, 0.3) is 5.91 Å². The molecule has 0 saturated heterocycles. The zero-order valence-electron chi connectivity index (χ0n) is 15.6. The number of hydrogen-bond acceptors (Lipinski definition) is 4. The molecule has 0 aliphatic heterocycles. The van der Waals surface area contributed by atoms with Gasteiger partial charge in [0.1, 0.15) is 0 Å². The Hall–Kier alpha value is -2.42. The lowest BCUT2D eigenvalue weighted by atomic mass is 10.1. The van der Waals surface area contributed by atoms with E-state index in [0.717, 1.165) is 5.56 Å². The van der Waals surface area contributed by atoms with Crippen LogP contribution in [0.1, 0.15) is 29.8 Å². The van der Waals surface area contributed by atoms with Crippen molar-refractivity contribution in [3.05, 3.63) is 64.7 Å². The monoisotopic (exact) mass is 423 g/mol. The van der Waals surface area contributed by atoms with Crippen molar-refractivity contribution >= 4 is 33.4 Å². The van der Waals surface area contributed by atoms with Gasteiger partial charge in [-0.2, -0.15) is 4.31 Å². The van der Waals surface area contributed by atoms with Crippen molar-refractivity contribution in [1.82, 2.24) is 15.2 Å². The van der Waals surface area contributed by atoms with E-state index in [9.17, 15) is 18.0 Å². The minimum atomic E-state index is -3.58. The van der Waals surface area contributed by atoms with Crippen molar-refractivity contribution < 1.29 is 18.0 Å². The number of carbonyl (C=O) groups excluding carboxylic acids is 2. The van der Waals surface area contributed by atoms with Gasteiger partial charge in [-0.3, -0.25) is 20.4 Å². The van der Waals surface area contributed by atoms with Crippen molar-refractivity contribution in [2.75, 3.05) is 13.1 Å². The molecular weight excluding hydrogens is 402 g/mol. The molecule has 28 heavy (non-hydrogen) atoms. The van der Waals surface area contributed by atoms with Crippen molar-refractivity contribution in [2.24, 2.45) is 0 Å². The Bertz CT molecular complexity index is 925. The molecule has 0 fully saturated rings.